The summed E-state index contributed by atoms with van der Waals surface area (Å²) in [6.07, 6.45) is -0.535. The molecule has 0 saturated carbocycles. The van der Waals surface area contributed by atoms with Crippen LogP contribution in [-0.2, 0) is 9.53 Å². The van der Waals surface area contributed by atoms with Gasteiger partial charge in [-0.3, -0.25) is 0 Å². The average molecular weight is 184 g/mol. The Morgan fingerprint density at radius 2 is 1.91 bits per heavy atom. The first-order chi connectivity index (χ1) is 4.71. The Balaban J connectivity index is 3.81. The van der Waals surface area contributed by atoms with Crippen molar-refractivity contribution in [2.75, 3.05) is 19.9 Å². The standard InChI is InChI=1S/C5H13O5P/c1-10-5(6)3-4-11(2,7,8)9/h7-9H,3-4H2,1-2H3. The summed E-state index contributed by atoms with van der Waals surface area (Å²) >= 11 is 0. The van der Waals surface area contributed by atoms with Gasteiger partial charge in [0.1, 0.15) is 0 Å². The molecule has 68 valence electrons. The molecule has 0 saturated heterocycles. The first-order valence-electron chi connectivity index (χ1n) is 3.03. The van der Waals surface area contributed by atoms with Crippen LogP contribution in [0.3, 0.4) is 0 Å². The molecule has 0 amide bonds. The number of carbonyl (C=O) groups excluding carboxylic acids is 1. The van der Waals surface area contributed by atoms with E-state index in [0.717, 1.165) is 6.66 Å². The molecular weight excluding hydrogens is 171 g/mol. The number of methoxy groups -OCH3 is 1. The second kappa shape index (κ2) is 3.03. The molecule has 6 heteroatoms. The van der Waals surface area contributed by atoms with Crippen molar-refractivity contribution in [1.82, 2.24) is 0 Å². The summed E-state index contributed by atoms with van der Waals surface area (Å²) in [6.45, 7) is 0.925. The van der Waals surface area contributed by atoms with Crippen molar-refractivity contribution < 1.29 is 24.2 Å². The Labute approximate surface area is 64.8 Å². The van der Waals surface area contributed by atoms with Crippen LogP contribution in [0.2, 0.25) is 0 Å². The van der Waals surface area contributed by atoms with Crippen LogP contribution in [0, 0.1) is 0 Å². The molecule has 0 spiro atoms. The molecule has 5 nitrogen and oxygen atoms in total. The van der Waals surface area contributed by atoms with Crippen LogP contribution in [0.15, 0.2) is 0 Å². The quantitative estimate of drug-likeness (QED) is 0.405. The van der Waals surface area contributed by atoms with E-state index in [0.29, 0.717) is 0 Å². The zero-order valence-corrected chi connectivity index (χ0v) is 7.41. The molecule has 0 rings (SSSR count). The molecule has 3 N–H and O–H groups in total. The topological polar surface area (TPSA) is 87.0 Å². The van der Waals surface area contributed by atoms with Crippen molar-refractivity contribution in [1.29, 1.82) is 0 Å². The summed E-state index contributed by atoms with van der Waals surface area (Å²) in [4.78, 5) is 37.0. The van der Waals surface area contributed by atoms with Crippen LogP contribution in [0.25, 0.3) is 0 Å². The van der Waals surface area contributed by atoms with Gasteiger partial charge in [0.05, 0.1) is 0 Å². The summed E-state index contributed by atoms with van der Waals surface area (Å²) in [7, 11) is -3.30. The minimum absolute atomic E-state index is 0.186. The molecule has 0 unspecified atom stereocenters. The Bertz CT molecular complexity index is 149. The van der Waals surface area contributed by atoms with E-state index in [1.54, 1.807) is 0 Å². The van der Waals surface area contributed by atoms with Gasteiger partial charge >= 0.3 is 63.8 Å². The van der Waals surface area contributed by atoms with Gasteiger partial charge in [-0.2, -0.15) is 0 Å². The van der Waals surface area contributed by atoms with Crippen molar-refractivity contribution in [3.05, 3.63) is 0 Å². The number of hydrogen-bond acceptors (Lipinski definition) is 5. The average Bonchev–Trinajstić information content (AvgIpc) is 1.80. The van der Waals surface area contributed by atoms with Gasteiger partial charge in [0.2, 0.25) is 0 Å². The number of ether oxygens (including phenoxy) is 1. The van der Waals surface area contributed by atoms with Crippen molar-refractivity contribution in [2.45, 2.75) is 6.42 Å². The maximum absolute atomic E-state index is 10.5. The van der Waals surface area contributed by atoms with Crippen LogP contribution in [-0.4, -0.2) is 40.6 Å². The van der Waals surface area contributed by atoms with Gasteiger partial charge in [0.25, 0.3) is 0 Å². The molecule has 0 aromatic heterocycles. The summed E-state index contributed by atoms with van der Waals surface area (Å²) < 4.78 is 4.24. The van der Waals surface area contributed by atoms with E-state index in [1.165, 1.54) is 7.11 Å². The van der Waals surface area contributed by atoms with Crippen LogP contribution in [0.5, 0.6) is 0 Å². The zero-order valence-electron chi connectivity index (χ0n) is 6.52. The van der Waals surface area contributed by atoms with E-state index in [1.807, 2.05) is 0 Å². The van der Waals surface area contributed by atoms with E-state index in [-0.39, 0.29) is 12.6 Å². The third kappa shape index (κ3) is 7.68. The Kier molecular flexibility index (Phi) is 2.97. The molecule has 0 aliphatic carbocycles. The number of rotatable bonds is 3. The van der Waals surface area contributed by atoms with E-state index in [2.05, 4.69) is 4.74 Å². The van der Waals surface area contributed by atoms with E-state index in [9.17, 15) is 4.79 Å². The molecule has 11 heavy (non-hydrogen) atoms. The van der Waals surface area contributed by atoms with E-state index in [4.69, 9.17) is 14.7 Å². The third-order valence-corrected chi connectivity index (χ3v) is 2.34. The van der Waals surface area contributed by atoms with E-state index >= 15 is 0 Å². The van der Waals surface area contributed by atoms with Crippen LogP contribution >= 0.6 is 7.28 Å². The van der Waals surface area contributed by atoms with Gasteiger partial charge in [-0.1, -0.05) is 0 Å². The third-order valence-electron chi connectivity index (χ3n) is 1.07. The summed E-state index contributed by atoms with van der Waals surface area (Å²) in [5.41, 5.74) is 0. The molecule has 0 bridgehead atoms. The Hall–Kier alpha value is -0.220. The van der Waals surface area contributed by atoms with Crippen molar-refractivity contribution in [3.63, 3.8) is 0 Å². The van der Waals surface area contributed by atoms with Crippen LogP contribution < -0.4 is 0 Å². The fourth-order valence-electron chi connectivity index (χ4n) is 0.455. The number of esters is 1. The summed E-state index contributed by atoms with van der Waals surface area (Å²) in [5, 5.41) is 0. The van der Waals surface area contributed by atoms with Gasteiger partial charge < -0.3 is 0 Å². The summed E-state index contributed by atoms with van der Waals surface area (Å²) in [6, 6.07) is 0. The minimum atomic E-state index is -4.49. The number of carbonyl (C=O) groups is 1. The predicted molar refractivity (Wildman–Crippen MR) is 41.0 cm³/mol. The van der Waals surface area contributed by atoms with Crippen LogP contribution in [0.4, 0.5) is 0 Å². The van der Waals surface area contributed by atoms with Gasteiger partial charge in [-0.15, -0.1) is 0 Å². The normalized spacial score (nSPS) is 15.2. The van der Waals surface area contributed by atoms with Crippen molar-refractivity contribution in [2.24, 2.45) is 0 Å². The van der Waals surface area contributed by atoms with Gasteiger partial charge in [0, 0.05) is 0 Å². The van der Waals surface area contributed by atoms with Gasteiger partial charge in [-0.25, -0.2) is 0 Å². The van der Waals surface area contributed by atoms with E-state index < -0.39 is 13.3 Å². The Morgan fingerprint density at radius 3 is 2.18 bits per heavy atom. The monoisotopic (exact) mass is 184 g/mol. The molecule has 0 fully saturated rings. The molecule has 0 atom stereocenters. The molecule has 0 aromatic carbocycles. The summed E-state index contributed by atoms with van der Waals surface area (Å²) in [5.74, 6) is -0.571. The fourth-order valence-corrected chi connectivity index (χ4v) is 1.16. The molecular formula is C5H13O5P. The molecule has 0 radical (unpaired) electrons. The maximum atomic E-state index is 10.5. The second-order valence-corrected chi connectivity index (χ2v) is 6.32. The first-order valence-corrected chi connectivity index (χ1v) is 5.76. The molecule has 0 aliphatic rings. The molecule has 0 heterocycles. The first kappa shape index (κ1) is 10.8. The van der Waals surface area contributed by atoms with Gasteiger partial charge in [0.15, 0.2) is 0 Å². The molecule has 0 aliphatic heterocycles. The zero-order chi connectivity index (χ0) is 9.15. The number of hydrogen-bond donors (Lipinski definition) is 3. The second-order valence-electron chi connectivity index (χ2n) is 2.66. The van der Waals surface area contributed by atoms with Crippen molar-refractivity contribution in [3.8, 4) is 0 Å². The Morgan fingerprint density at radius 1 is 1.45 bits per heavy atom. The SMILES string of the molecule is COC(=O)CCP(C)(O)(O)O. The molecule has 0 aromatic rings. The van der Waals surface area contributed by atoms with Crippen LogP contribution in [0.1, 0.15) is 6.42 Å². The van der Waals surface area contributed by atoms with Crippen molar-refractivity contribution >= 4 is 13.3 Å². The predicted octanol–water partition coefficient (Wildman–Crippen LogP) is -0.546. The van der Waals surface area contributed by atoms with Gasteiger partial charge in [-0.05, 0) is 0 Å². The fraction of sp³-hybridized carbons (Fsp3) is 0.800.